The van der Waals surface area contributed by atoms with Crippen LogP contribution in [-0.4, -0.2) is 27.4 Å². The van der Waals surface area contributed by atoms with Gasteiger partial charge in [0.15, 0.2) is 17.2 Å². The Kier molecular flexibility index (Phi) is 6.22. The van der Waals surface area contributed by atoms with Crippen LogP contribution >= 0.6 is 11.6 Å². The van der Waals surface area contributed by atoms with Crippen molar-refractivity contribution in [3.8, 4) is 11.5 Å². The van der Waals surface area contributed by atoms with E-state index in [1.165, 1.54) is 37.5 Å². The molecule has 1 aliphatic heterocycles. The number of hydrogen-bond acceptors (Lipinski definition) is 7. The summed E-state index contributed by atoms with van der Waals surface area (Å²) in [6.45, 7) is 1.87. The molecule has 0 aliphatic carbocycles. The van der Waals surface area contributed by atoms with E-state index in [0.29, 0.717) is 16.1 Å². The first-order chi connectivity index (χ1) is 15.8. The second kappa shape index (κ2) is 9.09. The molecule has 0 fully saturated rings. The highest BCUT2D eigenvalue weighted by atomic mass is 35.5. The van der Waals surface area contributed by atoms with Crippen LogP contribution in [0.2, 0.25) is 5.02 Å². The van der Waals surface area contributed by atoms with E-state index in [0.717, 1.165) is 5.56 Å². The number of carbonyl (C=O) groups excluding carboxylic acids is 1. The lowest BCUT2D eigenvalue weighted by atomic mass is 10.1. The van der Waals surface area contributed by atoms with Gasteiger partial charge in [-0.1, -0.05) is 41.9 Å². The molecule has 0 amide bonds. The smallest absolute Gasteiger partial charge is 0.363 e. The predicted octanol–water partition coefficient (Wildman–Crippen LogP) is 4.77. The summed E-state index contributed by atoms with van der Waals surface area (Å²) in [4.78, 5) is 16.6. The van der Waals surface area contributed by atoms with Crippen molar-refractivity contribution in [3.05, 3.63) is 94.1 Å². The maximum atomic E-state index is 12.5. The largest absolute Gasteiger partial charge is 0.493 e. The van der Waals surface area contributed by atoms with Gasteiger partial charge in [-0.2, -0.15) is 8.42 Å². The molecule has 0 saturated heterocycles. The molecule has 0 radical (unpaired) electrons. The average molecular weight is 484 g/mol. The Balaban J connectivity index is 1.61. The van der Waals surface area contributed by atoms with Crippen molar-refractivity contribution in [2.75, 3.05) is 7.11 Å². The molecule has 3 aromatic rings. The Hall–Kier alpha value is -3.62. The Labute approximate surface area is 196 Å². The van der Waals surface area contributed by atoms with Gasteiger partial charge in [0.1, 0.15) is 4.90 Å². The van der Waals surface area contributed by atoms with Gasteiger partial charge in [-0.15, -0.1) is 0 Å². The second-order valence-electron chi connectivity index (χ2n) is 7.06. The molecule has 0 unspecified atom stereocenters. The Bertz CT molecular complexity index is 1400. The molecule has 0 spiro atoms. The first kappa shape index (κ1) is 22.6. The van der Waals surface area contributed by atoms with E-state index in [1.54, 1.807) is 36.4 Å². The zero-order chi connectivity index (χ0) is 23.6. The Morgan fingerprint density at radius 3 is 2.45 bits per heavy atom. The highest BCUT2D eigenvalue weighted by Crippen LogP contribution is 2.32. The van der Waals surface area contributed by atoms with Crippen molar-refractivity contribution in [2.45, 2.75) is 11.8 Å². The van der Waals surface area contributed by atoms with Crippen molar-refractivity contribution in [3.63, 3.8) is 0 Å². The van der Waals surface area contributed by atoms with E-state index < -0.39 is 16.1 Å². The fourth-order valence-corrected chi connectivity index (χ4v) is 4.15. The van der Waals surface area contributed by atoms with Gasteiger partial charge in [0.25, 0.3) is 0 Å². The first-order valence-corrected chi connectivity index (χ1v) is 11.5. The van der Waals surface area contributed by atoms with E-state index >= 15 is 0 Å². The van der Waals surface area contributed by atoms with Gasteiger partial charge < -0.3 is 13.7 Å². The summed E-state index contributed by atoms with van der Waals surface area (Å²) in [6, 6.07) is 17.6. The van der Waals surface area contributed by atoms with Crippen LogP contribution in [0.4, 0.5) is 0 Å². The van der Waals surface area contributed by atoms with Gasteiger partial charge in [0.2, 0.25) is 5.90 Å². The number of methoxy groups -OCH3 is 1. The number of halogens is 1. The lowest BCUT2D eigenvalue weighted by Crippen LogP contribution is -2.10. The maximum Gasteiger partial charge on any atom is 0.363 e. The van der Waals surface area contributed by atoms with Crippen molar-refractivity contribution in [1.82, 2.24) is 0 Å². The fourth-order valence-electron chi connectivity index (χ4n) is 3.01. The van der Waals surface area contributed by atoms with Crippen LogP contribution in [-0.2, 0) is 19.6 Å². The Morgan fingerprint density at radius 2 is 1.76 bits per heavy atom. The lowest BCUT2D eigenvalue weighted by molar-refractivity contribution is -0.129. The SMILES string of the molecule is COc1cc(/C=C2\N=C(c3ccc(C)c(Cl)c3)OC2=O)ccc1OS(=O)(=O)c1ccccc1. The molecule has 3 aromatic carbocycles. The van der Waals surface area contributed by atoms with Crippen LogP contribution in [0, 0.1) is 6.92 Å². The van der Waals surface area contributed by atoms with Crippen LogP contribution in [0.5, 0.6) is 11.5 Å². The molecule has 0 bridgehead atoms. The number of cyclic esters (lactones) is 1. The minimum atomic E-state index is -4.04. The topological polar surface area (TPSA) is 91.3 Å². The molecule has 0 saturated carbocycles. The molecule has 33 heavy (non-hydrogen) atoms. The molecule has 1 aliphatic rings. The summed E-state index contributed by atoms with van der Waals surface area (Å²) < 4.78 is 40.8. The number of rotatable bonds is 6. The van der Waals surface area contributed by atoms with E-state index in [-0.39, 0.29) is 28.0 Å². The normalized spacial score (nSPS) is 14.7. The minimum absolute atomic E-state index is 0.0102. The van der Waals surface area contributed by atoms with Gasteiger partial charge in [-0.3, -0.25) is 0 Å². The second-order valence-corrected chi connectivity index (χ2v) is 9.01. The third-order valence-electron chi connectivity index (χ3n) is 4.76. The molecule has 0 N–H and O–H groups in total. The third kappa shape index (κ3) is 4.92. The highest BCUT2D eigenvalue weighted by Gasteiger charge is 2.25. The first-order valence-electron chi connectivity index (χ1n) is 9.73. The number of aryl methyl sites for hydroxylation is 1. The van der Waals surface area contributed by atoms with Gasteiger partial charge in [-0.25, -0.2) is 9.79 Å². The predicted molar refractivity (Wildman–Crippen MR) is 124 cm³/mol. The molecular formula is C24H18ClNO6S. The molecule has 1 heterocycles. The quantitative estimate of drug-likeness (QED) is 0.285. The molecule has 9 heteroatoms. The van der Waals surface area contributed by atoms with Gasteiger partial charge in [0.05, 0.1) is 7.11 Å². The molecule has 0 aromatic heterocycles. The molecule has 168 valence electrons. The zero-order valence-electron chi connectivity index (χ0n) is 17.6. The van der Waals surface area contributed by atoms with Gasteiger partial charge >= 0.3 is 16.1 Å². The molecular weight excluding hydrogens is 466 g/mol. The van der Waals surface area contributed by atoms with Crippen molar-refractivity contribution in [1.29, 1.82) is 0 Å². The summed E-state index contributed by atoms with van der Waals surface area (Å²) in [5.74, 6) is -0.289. The number of ether oxygens (including phenoxy) is 2. The standard InChI is InChI=1S/C24H18ClNO6S/c1-15-8-10-17(14-19(15)25)23-26-20(24(27)31-23)12-16-9-11-21(22(13-16)30-2)32-33(28,29)18-6-4-3-5-7-18/h3-14H,1-2H3/b20-12-. The monoisotopic (exact) mass is 483 g/mol. The maximum absolute atomic E-state index is 12.5. The Morgan fingerprint density at radius 1 is 1.00 bits per heavy atom. The van der Waals surface area contributed by atoms with Gasteiger partial charge in [-0.05, 0) is 60.5 Å². The fraction of sp³-hybridized carbons (Fsp3) is 0.0833. The molecule has 0 atom stereocenters. The van der Waals surface area contributed by atoms with Crippen LogP contribution < -0.4 is 8.92 Å². The number of benzene rings is 3. The van der Waals surface area contributed by atoms with E-state index in [2.05, 4.69) is 4.99 Å². The highest BCUT2D eigenvalue weighted by molar-refractivity contribution is 7.87. The zero-order valence-corrected chi connectivity index (χ0v) is 19.2. The number of aliphatic imine (C=N–C) groups is 1. The summed E-state index contributed by atoms with van der Waals surface area (Å²) in [6.07, 6.45) is 1.50. The van der Waals surface area contributed by atoms with Crippen LogP contribution in [0.15, 0.2) is 82.3 Å². The van der Waals surface area contributed by atoms with Crippen LogP contribution in [0.1, 0.15) is 16.7 Å². The van der Waals surface area contributed by atoms with Crippen molar-refractivity contribution >= 4 is 39.7 Å². The molecule has 7 nitrogen and oxygen atoms in total. The summed E-state index contributed by atoms with van der Waals surface area (Å²) in [5, 5.41) is 0.537. The van der Waals surface area contributed by atoms with E-state index in [1.807, 2.05) is 13.0 Å². The minimum Gasteiger partial charge on any atom is -0.493 e. The third-order valence-corrected chi connectivity index (χ3v) is 6.42. The van der Waals surface area contributed by atoms with Crippen LogP contribution in [0.3, 0.4) is 0 Å². The number of hydrogen-bond donors (Lipinski definition) is 0. The van der Waals surface area contributed by atoms with Gasteiger partial charge in [0, 0.05) is 10.6 Å². The lowest BCUT2D eigenvalue weighted by Gasteiger charge is -2.11. The molecule has 4 rings (SSSR count). The average Bonchev–Trinajstić information content (AvgIpc) is 3.17. The van der Waals surface area contributed by atoms with E-state index in [9.17, 15) is 13.2 Å². The number of nitrogens with zero attached hydrogens (tertiary/aromatic N) is 1. The summed E-state index contributed by atoms with van der Waals surface area (Å²) >= 11 is 6.15. The van der Waals surface area contributed by atoms with Crippen molar-refractivity contribution in [2.24, 2.45) is 4.99 Å². The van der Waals surface area contributed by atoms with Crippen LogP contribution in [0.25, 0.3) is 6.08 Å². The number of carbonyl (C=O) groups is 1. The summed E-state index contributed by atoms with van der Waals surface area (Å²) in [7, 11) is -2.65. The van der Waals surface area contributed by atoms with E-state index in [4.69, 9.17) is 25.3 Å². The van der Waals surface area contributed by atoms with Crippen molar-refractivity contribution < 1.29 is 26.9 Å². The summed E-state index contributed by atoms with van der Waals surface area (Å²) in [5.41, 5.74) is 2.09. The number of esters is 1.